The monoisotopic (exact) mass is 432 g/mol. The van der Waals surface area contributed by atoms with E-state index < -0.39 is 44.5 Å². The smallest absolute Gasteiger partial charge is 0.321 e. The number of nitrogens with one attached hydrogen (secondary N) is 2. The molecule has 1 heterocycles. The lowest BCUT2D eigenvalue weighted by Crippen LogP contribution is -2.56. The van der Waals surface area contributed by atoms with Crippen molar-refractivity contribution in [1.82, 2.24) is 19.8 Å². The van der Waals surface area contributed by atoms with Crippen LogP contribution in [0.2, 0.25) is 0 Å². The van der Waals surface area contributed by atoms with Crippen LogP contribution < -0.4 is 10.6 Å². The number of sulfonamides is 1. The van der Waals surface area contributed by atoms with Crippen LogP contribution in [0.25, 0.3) is 0 Å². The fourth-order valence-corrected chi connectivity index (χ4v) is 4.44. The van der Waals surface area contributed by atoms with Crippen molar-refractivity contribution in [1.29, 1.82) is 0 Å². The largest absolute Gasteiger partial charge is 0.338 e. The van der Waals surface area contributed by atoms with E-state index in [-0.39, 0.29) is 32.1 Å². The molecule has 1 aliphatic heterocycles. The summed E-state index contributed by atoms with van der Waals surface area (Å²) in [6.07, 6.45) is 0. The Morgan fingerprint density at radius 1 is 1.07 bits per heavy atom. The molecule has 0 radical (unpaired) electrons. The van der Waals surface area contributed by atoms with Crippen molar-refractivity contribution in [3.63, 3.8) is 0 Å². The number of imide groups is 1. The third kappa shape index (κ3) is 5.71. The van der Waals surface area contributed by atoms with Gasteiger partial charge in [0.25, 0.3) is 0 Å². The predicted octanol–water partition coefficient (Wildman–Crippen LogP) is 1.14. The molecule has 2 N–H and O–H groups in total. The van der Waals surface area contributed by atoms with Crippen molar-refractivity contribution in [2.45, 2.75) is 31.7 Å². The fourth-order valence-electron chi connectivity index (χ4n) is 2.91. The molecule has 0 aliphatic carbocycles. The molecule has 29 heavy (non-hydrogen) atoms. The van der Waals surface area contributed by atoms with Gasteiger partial charge in [-0.25, -0.2) is 22.0 Å². The summed E-state index contributed by atoms with van der Waals surface area (Å²) < 4.78 is 54.0. The van der Waals surface area contributed by atoms with Crippen LogP contribution in [0.5, 0.6) is 0 Å². The molecule has 1 fully saturated rings. The Balaban J connectivity index is 1.96. The van der Waals surface area contributed by atoms with Crippen LogP contribution in [0.3, 0.4) is 0 Å². The standard InChI is InChI=1S/C18H26F2N4O4S/c1-12(2)11-21-18(26)22-17(25)13(3)23-7-9-24(10-8-23)29(27,28)16-14(19)5-4-6-15(16)20/h4-6,12-13H,7-11H2,1-3H3,(H2,21,22,25,26). The molecule has 0 aromatic heterocycles. The maximum Gasteiger partial charge on any atom is 0.321 e. The van der Waals surface area contributed by atoms with Crippen molar-refractivity contribution in [3.8, 4) is 0 Å². The Bertz CT molecular complexity index is 835. The van der Waals surface area contributed by atoms with Crippen LogP contribution in [0.1, 0.15) is 20.8 Å². The molecule has 11 heteroatoms. The van der Waals surface area contributed by atoms with Gasteiger partial charge in [-0.1, -0.05) is 19.9 Å². The molecule has 1 saturated heterocycles. The van der Waals surface area contributed by atoms with Crippen LogP contribution in [-0.4, -0.2) is 68.3 Å². The molecular formula is C18H26F2N4O4S. The van der Waals surface area contributed by atoms with Crippen molar-refractivity contribution >= 4 is 22.0 Å². The number of urea groups is 1. The van der Waals surface area contributed by atoms with Gasteiger partial charge in [0.05, 0.1) is 6.04 Å². The Labute approximate surface area is 169 Å². The minimum Gasteiger partial charge on any atom is -0.338 e. The normalized spacial score (nSPS) is 17.2. The number of halogens is 2. The van der Waals surface area contributed by atoms with Gasteiger partial charge in [-0.2, -0.15) is 4.31 Å². The topological polar surface area (TPSA) is 98.8 Å². The van der Waals surface area contributed by atoms with Gasteiger partial charge >= 0.3 is 6.03 Å². The summed E-state index contributed by atoms with van der Waals surface area (Å²) in [5.74, 6) is -2.56. The van der Waals surface area contributed by atoms with Gasteiger partial charge in [0.15, 0.2) is 4.90 Å². The van der Waals surface area contributed by atoms with Crippen molar-refractivity contribution < 1.29 is 26.8 Å². The van der Waals surface area contributed by atoms with E-state index >= 15 is 0 Å². The van der Waals surface area contributed by atoms with Crippen LogP contribution in [0.15, 0.2) is 23.1 Å². The molecule has 1 aromatic carbocycles. The van der Waals surface area contributed by atoms with Crippen LogP contribution in [-0.2, 0) is 14.8 Å². The highest BCUT2D eigenvalue weighted by Gasteiger charge is 2.35. The van der Waals surface area contributed by atoms with Gasteiger partial charge in [0, 0.05) is 32.7 Å². The second kappa shape index (κ2) is 9.59. The second-order valence-electron chi connectivity index (χ2n) is 7.26. The highest BCUT2D eigenvalue weighted by Crippen LogP contribution is 2.23. The molecule has 2 rings (SSSR count). The SMILES string of the molecule is CC(C)CNC(=O)NC(=O)C(C)N1CCN(S(=O)(=O)c2c(F)cccc2F)CC1. The lowest BCUT2D eigenvalue weighted by atomic mass is 10.2. The Hall–Kier alpha value is -2.11. The quantitative estimate of drug-likeness (QED) is 0.703. The van der Waals surface area contributed by atoms with E-state index in [0.29, 0.717) is 6.54 Å². The number of carbonyl (C=O) groups is 2. The van der Waals surface area contributed by atoms with Gasteiger partial charge in [-0.05, 0) is 25.0 Å². The number of benzene rings is 1. The number of rotatable bonds is 6. The van der Waals surface area contributed by atoms with Gasteiger partial charge in [0.2, 0.25) is 15.9 Å². The fraction of sp³-hybridized carbons (Fsp3) is 0.556. The summed E-state index contributed by atoms with van der Waals surface area (Å²) >= 11 is 0. The summed E-state index contributed by atoms with van der Waals surface area (Å²) in [7, 11) is -4.34. The molecular weight excluding hydrogens is 406 g/mol. The van der Waals surface area contributed by atoms with Crippen molar-refractivity contribution in [3.05, 3.63) is 29.8 Å². The minimum atomic E-state index is -4.34. The van der Waals surface area contributed by atoms with E-state index in [4.69, 9.17) is 0 Å². The average molecular weight is 432 g/mol. The summed E-state index contributed by atoms with van der Waals surface area (Å²) in [5, 5.41) is 4.83. The van der Waals surface area contributed by atoms with Crippen LogP contribution in [0, 0.1) is 17.6 Å². The van der Waals surface area contributed by atoms with Crippen molar-refractivity contribution in [2.24, 2.45) is 5.92 Å². The maximum atomic E-state index is 13.9. The summed E-state index contributed by atoms with van der Waals surface area (Å²) in [5.41, 5.74) is 0. The Morgan fingerprint density at radius 3 is 2.14 bits per heavy atom. The van der Waals surface area contributed by atoms with Gasteiger partial charge < -0.3 is 5.32 Å². The van der Waals surface area contributed by atoms with Crippen LogP contribution >= 0.6 is 0 Å². The van der Waals surface area contributed by atoms with Crippen molar-refractivity contribution in [2.75, 3.05) is 32.7 Å². The zero-order valence-electron chi connectivity index (χ0n) is 16.6. The highest BCUT2D eigenvalue weighted by atomic mass is 32.2. The number of amides is 3. The lowest BCUT2D eigenvalue weighted by molar-refractivity contribution is -0.125. The van der Waals surface area contributed by atoms with Crippen LogP contribution in [0.4, 0.5) is 13.6 Å². The molecule has 0 bridgehead atoms. The molecule has 1 aromatic rings. The first-order chi connectivity index (χ1) is 13.5. The van der Waals surface area contributed by atoms with E-state index in [1.807, 2.05) is 13.8 Å². The molecule has 162 valence electrons. The first-order valence-electron chi connectivity index (χ1n) is 9.31. The summed E-state index contributed by atoms with van der Waals surface area (Å²) in [4.78, 5) is 24.7. The Kier molecular flexibility index (Phi) is 7.66. The van der Waals surface area contributed by atoms with E-state index in [2.05, 4.69) is 10.6 Å². The maximum absolute atomic E-state index is 13.9. The third-order valence-electron chi connectivity index (χ3n) is 4.62. The molecule has 3 amide bonds. The molecule has 0 spiro atoms. The molecule has 8 nitrogen and oxygen atoms in total. The van der Waals surface area contributed by atoms with E-state index in [1.165, 1.54) is 0 Å². The first-order valence-corrected chi connectivity index (χ1v) is 10.7. The Morgan fingerprint density at radius 2 is 1.62 bits per heavy atom. The van der Waals surface area contributed by atoms with Gasteiger partial charge in [-0.15, -0.1) is 0 Å². The third-order valence-corrected chi connectivity index (χ3v) is 6.58. The average Bonchev–Trinajstić information content (AvgIpc) is 2.65. The molecule has 1 atom stereocenters. The molecule has 0 saturated carbocycles. The zero-order chi connectivity index (χ0) is 21.8. The van der Waals surface area contributed by atoms with E-state index in [1.54, 1.807) is 11.8 Å². The number of carbonyl (C=O) groups excluding carboxylic acids is 2. The van der Waals surface area contributed by atoms with E-state index in [0.717, 1.165) is 22.5 Å². The zero-order valence-corrected chi connectivity index (χ0v) is 17.4. The van der Waals surface area contributed by atoms with Gasteiger partial charge in [0.1, 0.15) is 11.6 Å². The molecule has 1 aliphatic rings. The lowest BCUT2D eigenvalue weighted by Gasteiger charge is -2.36. The summed E-state index contributed by atoms with van der Waals surface area (Å²) in [6.45, 7) is 6.16. The van der Waals surface area contributed by atoms with Gasteiger partial charge in [-0.3, -0.25) is 15.0 Å². The highest BCUT2D eigenvalue weighted by molar-refractivity contribution is 7.89. The number of hydrogen-bond acceptors (Lipinski definition) is 5. The number of nitrogens with zero attached hydrogens (tertiary/aromatic N) is 2. The summed E-state index contributed by atoms with van der Waals surface area (Å²) in [6, 6.07) is 1.62. The predicted molar refractivity (Wildman–Crippen MR) is 103 cm³/mol. The number of piperazine rings is 1. The first kappa shape index (κ1) is 23.2. The minimum absolute atomic E-state index is 0.0345. The van der Waals surface area contributed by atoms with E-state index in [9.17, 15) is 26.8 Å². The molecule has 1 unspecified atom stereocenters. The second-order valence-corrected chi connectivity index (χ2v) is 9.13. The number of hydrogen-bond donors (Lipinski definition) is 2.